The Kier molecular flexibility index (Phi) is 5.57. The molecule has 5 aromatic rings. The first-order chi connectivity index (χ1) is 18.2. The molecule has 192 valence electrons. The Hall–Kier alpha value is -4.44. The normalized spacial score (nSPS) is 14.8. The molecular formula is C28H23F3N6O. The number of nitrogens with two attached hydrogens (primary N) is 2. The minimum atomic E-state index is -4.79. The van der Waals surface area contributed by atoms with E-state index in [1.54, 1.807) is 30.5 Å². The number of hydrogen-bond donors (Lipinski definition) is 2. The molecule has 0 bridgehead atoms. The zero-order valence-corrected chi connectivity index (χ0v) is 20.1. The van der Waals surface area contributed by atoms with Gasteiger partial charge in [-0.25, -0.2) is 15.0 Å². The average Bonchev–Trinajstić information content (AvgIpc) is 3.25. The molecule has 0 amide bonds. The van der Waals surface area contributed by atoms with Crippen LogP contribution in [-0.2, 0) is 5.54 Å². The van der Waals surface area contributed by atoms with Crippen LogP contribution in [0.2, 0.25) is 0 Å². The van der Waals surface area contributed by atoms with Gasteiger partial charge in [0.25, 0.3) is 0 Å². The van der Waals surface area contributed by atoms with Gasteiger partial charge in [0.1, 0.15) is 17.1 Å². The molecule has 0 radical (unpaired) electrons. The maximum absolute atomic E-state index is 12.8. The van der Waals surface area contributed by atoms with Gasteiger partial charge in [-0.05, 0) is 73.4 Å². The lowest BCUT2D eigenvalue weighted by Crippen LogP contribution is -2.43. The topological polar surface area (TPSA) is 105 Å². The zero-order valence-electron chi connectivity index (χ0n) is 20.1. The van der Waals surface area contributed by atoms with Crippen LogP contribution in [0.4, 0.5) is 19.0 Å². The van der Waals surface area contributed by atoms with E-state index in [9.17, 15) is 13.2 Å². The van der Waals surface area contributed by atoms with Crippen LogP contribution in [-0.4, -0.2) is 25.9 Å². The summed E-state index contributed by atoms with van der Waals surface area (Å²) >= 11 is 0. The molecule has 3 aromatic heterocycles. The van der Waals surface area contributed by atoms with E-state index in [0.29, 0.717) is 39.6 Å². The Morgan fingerprint density at radius 3 is 2.39 bits per heavy atom. The van der Waals surface area contributed by atoms with E-state index in [1.807, 2.05) is 34.9 Å². The maximum atomic E-state index is 12.8. The summed E-state index contributed by atoms with van der Waals surface area (Å²) in [6, 6.07) is 20.8. The summed E-state index contributed by atoms with van der Waals surface area (Å²) in [6.45, 7) is 0. The molecule has 10 heteroatoms. The Morgan fingerprint density at radius 1 is 0.921 bits per heavy atom. The molecule has 2 aromatic carbocycles. The number of nitrogens with zero attached hydrogens (tertiary/aromatic N) is 4. The molecular weight excluding hydrogens is 493 g/mol. The highest BCUT2D eigenvalue weighted by atomic mass is 19.4. The first-order valence-corrected chi connectivity index (χ1v) is 12.1. The summed E-state index contributed by atoms with van der Waals surface area (Å²) in [5.41, 5.74) is 16.9. The molecule has 3 heterocycles. The Morgan fingerprint density at radius 2 is 1.71 bits per heavy atom. The number of ether oxygens (including phenoxy) is 1. The van der Waals surface area contributed by atoms with Gasteiger partial charge >= 0.3 is 6.36 Å². The average molecular weight is 517 g/mol. The van der Waals surface area contributed by atoms with Crippen LogP contribution < -0.4 is 16.2 Å². The van der Waals surface area contributed by atoms with Crippen molar-refractivity contribution in [1.29, 1.82) is 0 Å². The van der Waals surface area contributed by atoms with Crippen molar-refractivity contribution in [3.63, 3.8) is 0 Å². The highest BCUT2D eigenvalue weighted by molar-refractivity contribution is 5.84. The van der Waals surface area contributed by atoms with Crippen LogP contribution in [0.15, 0.2) is 79.0 Å². The molecule has 1 saturated carbocycles. The van der Waals surface area contributed by atoms with Crippen molar-refractivity contribution >= 4 is 17.0 Å². The number of fused-ring (bicyclic) bond motifs is 1. The fourth-order valence-corrected chi connectivity index (χ4v) is 4.79. The number of halogens is 3. The van der Waals surface area contributed by atoms with E-state index < -0.39 is 6.36 Å². The first-order valence-electron chi connectivity index (χ1n) is 12.1. The molecule has 0 saturated heterocycles. The largest absolute Gasteiger partial charge is 0.573 e. The number of aromatic nitrogens is 4. The summed E-state index contributed by atoms with van der Waals surface area (Å²) in [5.74, 6) is 0.535. The van der Waals surface area contributed by atoms with Crippen molar-refractivity contribution in [1.82, 2.24) is 19.5 Å². The van der Waals surface area contributed by atoms with Crippen LogP contribution in [0.25, 0.3) is 39.5 Å². The smallest absolute Gasteiger partial charge is 0.406 e. The zero-order chi connectivity index (χ0) is 26.5. The van der Waals surface area contributed by atoms with Gasteiger partial charge < -0.3 is 16.2 Å². The summed E-state index contributed by atoms with van der Waals surface area (Å²) in [7, 11) is 0. The predicted molar refractivity (Wildman–Crippen MR) is 138 cm³/mol. The van der Waals surface area contributed by atoms with Crippen molar-refractivity contribution in [3.8, 4) is 34.1 Å². The number of pyridine rings is 2. The molecule has 6 rings (SSSR count). The lowest BCUT2D eigenvalue weighted by Gasteiger charge is -2.38. The fourth-order valence-electron chi connectivity index (χ4n) is 4.79. The van der Waals surface area contributed by atoms with Gasteiger partial charge in [0.2, 0.25) is 0 Å². The van der Waals surface area contributed by atoms with Gasteiger partial charge in [-0.3, -0.25) is 4.57 Å². The number of alkyl halides is 3. The summed E-state index contributed by atoms with van der Waals surface area (Å²) in [5, 5.41) is 0. The third kappa shape index (κ3) is 4.32. The number of hydrogen-bond acceptors (Lipinski definition) is 6. The van der Waals surface area contributed by atoms with Crippen LogP contribution >= 0.6 is 0 Å². The van der Waals surface area contributed by atoms with Crippen LogP contribution in [0.5, 0.6) is 5.75 Å². The maximum Gasteiger partial charge on any atom is 0.573 e. The Labute approximate surface area is 215 Å². The van der Waals surface area contributed by atoms with E-state index in [4.69, 9.17) is 21.4 Å². The van der Waals surface area contributed by atoms with Crippen LogP contribution in [0.1, 0.15) is 24.8 Å². The highest BCUT2D eigenvalue weighted by Gasteiger charge is 2.34. The second-order valence-electron chi connectivity index (χ2n) is 9.38. The highest BCUT2D eigenvalue weighted by Crippen LogP contribution is 2.39. The van der Waals surface area contributed by atoms with Crippen molar-refractivity contribution in [3.05, 3.63) is 84.6 Å². The van der Waals surface area contributed by atoms with Crippen molar-refractivity contribution in [2.45, 2.75) is 31.2 Å². The van der Waals surface area contributed by atoms with Gasteiger partial charge in [0.05, 0.1) is 11.3 Å². The first kappa shape index (κ1) is 23.9. The van der Waals surface area contributed by atoms with Crippen molar-refractivity contribution in [2.24, 2.45) is 5.73 Å². The molecule has 0 atom stereocenters. The van der Waals surface area contributed by atoms with Gasteiger partial charge in [-0.2, -0.15) is 0 Å². The SMILES string of the molecule is Nc1ncccc1-c1nc2ccc(-c3cccc(OC(F)(F)F)c3)nc2n1-c1ccc(C2(N)CCC2)cc1. The summed E-state index contributed by atoms with van der Waals surface area (Å²) < 4.78 is 44.3. The Bertz CT molecular complexity index is 1640. The predicted octanol–water partition coefficient (Wildman–Crippen LogP) is 5.97. The van der Waals surface area contributed by atoms with E-state index in [0.717, 1.165) is 30.5 Å². The summed E-state index contributed by atoms with van der Waals surface area (Å²) in [6.07, 6.45) is -0.191. The van der Waals surface area contributed by atoms with Crippen LogP contribution in [0.3, 0.4) is 0 Å². The van der Waals surface area contributed by atoms with E-state index in [2.05, 4.69) is 9.72 Å². The lowest BCUT2D eigenvalue weighted by molar-refractivity contribution is -0.274. The Balaban J connectivity index is 1.51. The monoisotopic (exact) mass is 516 g/mol. The number of rotatable bonds is 5. The van der Waals surface area contributed by atoms with Crippen molar-refractivity contribution in [2.75, 3.05) is 5.73 Å². The van der Waals surface area contributed by atoms with Crippen LogP contribution in [0, 0.1) is 0 Å². The molecule has 0 aliphatic heterocycles. The third-order valence-electron chi connectivity index (χ3n) is 6.89. The number of benzene rings is 2. The molecule has 0 spiro atoms. The minimum absolute atomic E-state index is 0.304. The molecule has 1 aliphatic rings. The lowest BCUT2D eigenvalue weighted by atomic mass is 9.73. The molecule has 38 heavy (non-hydrogen) atoms. The number of imidazole rings is 1. The van der Waals surface area contributed by atoms with E-state index in [1.165, 1.54) is 18.2 Å². The molecule has 0 unspecified atom stereocenters. The summed E-state index contributed by atoms with van der Waals surface area (Å²) in [4.78, 5) is 13.8. The van der Waals surface area contributed by atoms with Gasteiger partial charge in [0.15, 0.2) is 11.5 Å². The van der Waals surface area contributed by atoms with Gasteiger partial charge in [0, 0.05) is 23.0 Å². The van der Waals surface area contributed by atoms with Gasteiger partial charge in [-0.15, -0.1) is 13.2 Å². The molecule has 7 nitrogen and oxygen atoms in total. The molecule has 1 aliphatic carbocycles. The van der Waals surface area contributed by atoms with Gasteiger partial charge in [-0.1, -0.05) is 24.3 Å². The third-order valence-corrected chi connectivity index (χ3v) is 6.89. The van der Waals surface area contributed by atoms with E-state index >= 15 is 0 Å². The second-order valence-corrected chi connectivity index (χ2v) is 9.38. The second kappa shape index (κ2) is 8.84. The fraction of sp³-hybridized carbons (Fsp3) is 0.179. The minimum Gasteiger partial charge on any atom is -0.406 e. The van der Waals surface area contributed by atoms with Crippen molar-refractivity contribution < 1.29 is 17.9 Å². The quantitative estimate of drug-likeness (QED) is 0.298. The number of nitrogen functional groups attached to an aromatic ring is 1. The molecule has 4 N–H and O–H groups in total. The standard InChI is InChI=1S/C28H23F3N6O/c29-28(30,31)38-20-5-1-4-17(16-20)22-11-12-23-26(35-22)37(25(36-23)21-6-2-15-34-24(21)32)19-9-7-18(8-10-19)27(33)13-3-14-27/h1-2,4-12,15-16H,3,13-14,33H2,(H2,32,34). The van der Waals surface area contributed by atoms with E-state index in [-0.39, 0.29) is 11.3 Å². The number of anilines is 1. The molecule has 1 fully saturated rings.